The second-order valence-corrected chi connectivity index (χ2v) is 6.14. The summed E-state index contributed by atoms with van der Waals surface area (Å²) >= 11 is 0. The zero-order chi connectivity index (χ0) is 18.9. The lowest BCUT2D eigenvalue weighted by Crippen LogP contribution is -2.46. The van der Waals surface area contributed by atoms with Gasteiger partial charge < -0.3 is 19.9 Å². The van der Waals surface area contributed by atoms with Gasteiger partial charge in [-0.1, -0.05) is 56.3 Å². The summed E-state index contributed by atoms with van der Waals surface area (Å²) in [5.41, 5.74) is 1.02. The van der Waals surface area contributed by atoms with E-state index in [0.717, 1.165) is 5.56 Å². The van der Waals surface area contributed by atoms with Crippen molar-refractivity contribution in [2.75, 3.05) is 6.61 Å². The van der Waals surface area contributed by atoms with Crippen LogP contribution in [0.2, 0.25) is 0 Å². The summed E-state index contributed by atoms with van der Waals surface area (Å²) in [6.45, 7) is 3.54. The van der Waals surface area contributed by atoms with Gasteiger partial charge in [0.1, 0.15) is 12.6 Å². The molecule has 0 saturated carbocycles. The number of rotatable bonds is 9. The number of hydrogen-bond acceptors (Lipinski definition) is 4. The van der Waals surface area contributed by atoms with Crippen LogP contribution >= 0.6 is 0 Å². The molecule has 0 unspecified atom stereocenters. The highest BCUT2D eigenvalue weighted by Gasteiger charge is 2.23. The lowest BCUT2D eigenvalue weighted by molar-refractivity contribution is -0.143. The lowest BCUT2D eigenvalue weighted by atomic mass is 10.1. The molecule has 1 atom stereocenters. The first kappa shape index (κ1) is 19.3. The molecule has 0 aromatic heterocycles. The topological polar surface area (TPSA) is 84.9 Å². The Morgan fingerprint density at radius 2 is 1.54 bits per heavy atom. The molecule has 0 heterocycles. The average Bonchev–Trinajstić information content (AvgIpc) is 2.63. The van der Waals surface area contributed by atoms with Crippen molar-refractivity contribution in [3.05, 3.63) is 60.2 Å². The number of benzene rings is 2. The zero-order valence-electron chi connectivity index (χ0n) is 14.8. The SMILES string of the molecule is CC(C)[C@@H](NC(=O)COc1ccccc1OCc1ccccc1)C(=O)O. The first-order valence-electron chi connectivity index (χ1n) is 8.38. The Morgan fingerprint density at radius 1 is 0.962 bits per heavy atom. The maximum Gasteiger partial charge on any atom is 0.326 e. The van der Waals surface area contributed by atoms with Crippen molar-refractivity contribution < 1.29 is 24.2 Å². The summed E-state index contributed by atoms with van der Waals surface area (Å²) in [6, 6.07) is 15.8. The van der Waals surface area contributed by atoms with Crippen molar-refractivity contribution in [2.24, 2.45) is 5.92 Å². The van der Waals surface area contributed by atoms with E-state index in [1.54, 1.807) is 32.0 Å². The Hall–Kier alpha value is -3.02. The van der Waals surface area contributed by atoms with Gasteiger partial charge in [-0.2, -0.15) is 0 Å². The summed E-state index contributed by atoms with van der Waals surface area (Å²) in [4.78, 5) is 23.1. The van der Waals surface area contributed by atoms with E-state index >= 15 is 0 Å². The summed E-state index contributed by atoms with van der Waals surface area (Å²) in [5.74, 6) is -0.848. The molecule has 26 heavy (non-hydrogen) atoms. The number of nitrogens with one attached hydrogen (secondary N) is 1. The van der Waals surface area contributed by atoms with E-state index in [-0.39, 0.29) is 12.5 Å². The van der Waals surface area contributed by atoms with Crippen molar-refractivity contribution in [3.8, 4) is 11.5 Å². The predicted molar refractivity (Wildman–Crippen MR) is 97.1 cm³/mol. The first-order chi connectivity index (χ1) is 12.5. The maximum absolute atomic E-state index is 12.0. The summed E-state index contributed by atoms with van der Waals surface area (Å²) < 4.78 is 11.3. The minimum atomic E-state index is -1.07. The van der Waals surface area contributed by atoms with Crippen LogP contribution in [-0.2, 0) is 16.2 Å². The number of para-hydroxylation sites is 2. The van der Waals surface area contributed by atoms with Crippen LogP contribution in [-0.4, -0.2) is 29.6 Å². The molecule has 6 heteroatoms. The van der Waals surface area contributed by atoms with E-state index in [1.165, 1.54) is 0 Å². The molecular formula is C20H23NO5. The third-order valence-electron chi connectivity index (χ3n) is 3.69. The van der Waals surface area contributed by atoms with Gasteiger partial charge in [-0.05, 0) is 23.6 Å². The highest BCUT2D eigenvalue weighted by atomic mass is 16.5. The van der Waals surface area contributed by atoms with Gasteiger partial charge in [-0.25, -0.2) is 4.79 Å². The summed E-state index contributed by atoms with van der Waals surface area (Å²) in [5, 5.41) is 11.6. The van der Waals surface area contributed by atoms with E-state index in [0.29, 0.717) is 18.1 Å². The predicted octanol–water partition coefficient (Wildman–Crippen LogP) is 2.87. The number of carbonyl (C=O) groups is 2. The molecule has 2 N–H and O–H groups in total. The molecule has 0 saturated heterocycles. The number of hydrogen-bond donors (Lipinski definition) is 2. The van der Waals surface area contributed by atoms with Gasteiger partial charge in [-0.15, -0.1) is 0 Å². The number of amides is 1. The van der Waals surface area contributed by atoms with E-state index < -0.39 is 17.9 Å². The molecule has 2 aromatic carbocycles. The van der Waals surface area contributed by atoms with Gasteiger partial charge in [-0.3, -0.25) is 4.79 Å². The van der Waals surface area contributed by atoms with Crippen LogP contribution in [0.15, 0.2) is 54.6 Å². The van der Waals surface area contributed by atoms with Gasteiger partial charge in [0.05, 0.1) is 0 Å². The average molecular weight is 357 g/mol. The normalized spacial score (nSPS) is 11.7. The summed E-state index contributed by atoms with van der Waals surface area (Å²) in [7, 11) is 0. The van der Waals surface area contributed by atoms with Crippen molar-refractivity contribution in [1.82, 2.24) is 5.32 Å². The van der Waals surface area contributed by atoms with Crippen molar-refractivity contribution in [1.29, 1.82) is 0 Å². The smallest absolute Gasteiger partial charge is 0.326 e. The fourth-order valence-corrected chi connectivity index (χ4v) is 2.30. The Labute approximate surface area is 152 Å². The molecule has 0 aliphatic rings. The first-order valence-corrected chi connectivity index (χ1v) is 8.38. The number of carbonyl (C=O) groups excluding carboxylic acids is 1. The van der Waals surface area contributed by atoms with Crippen molar-refractivity contribution in [3.63, 3.8) is 0 Å². The monoisotopic (exact) mass is 357 g/mol. The standard InChI is InChI=1S/C20H23NO5/c1-14(2)19(20(23)24)21-18(22)13-26-17-11-7-6-10-16(17)25-12-15-8-4-3-5-9-15/h3-11,14,19H,12-13H2,1-2H3,(H,21,22)(H,23,24)/t19-/m1/s1. The zero-order valence-corrected chi connectivity index (χ0v) is 14.8. The quantitative estimate of drug-likeness (QED) is 0.721. The van der Waals surface area contributed by atoms with Gasteiger partial charge in [0.15, 0.2) is 18.1 Å². The molecule has 0 spiro atoms. The second-order valence-electron chi connectivity index (χ2n) is 6.14. The fraction of sp³-hybridized carbons (Fsp3) is 0.300. The Balaban J connectivity index is 1.93. The number of ether oxygens (including phenoxy) is 2. The van der Waals surface area contributed by atoms with Crippen LogP contribution in [0.4, 0.5) is 0 Å². The van der Waals surface area contributed by atoms with Gasteiger partial charge in [0.2, 0.25) is 0 Å². The van der Waals surface area contributed by atoms with E-state index in [2.05, 4.69) is 5.32 Å². The van der Waals surface area contributed by atoms with Crippen LogP contribution in [0.5, 0.6) is 11.5 Å². The third kappa shape index (κ3) is 5.81. The number of carboxylic acids is 1. The molecule has 0 bridgehead atoms. The van der Waals surface area contributed by atoms with Gasteiger partial charge >= 0.3 is 5.97 Å². The molecule has 6 nitrogen and oxygen atoms in total. The van der Waals surface area contributed by atoms with Crippen LogP contribution in [0.25, 0.3) is 0 Å². The van der Waals surface area contributed by atoms with E-state index in [4.69, 9.17) is 14.6 Å². The molecule has 0 aliphatic carbocycles. The largest absolute Gasteiger partial charge is 0.485 e. The van der Waals surface area contributed by atoms with Crippen molar-refractivity contribution in [2.45, 2.75) is 26.5 Å². The lowest BCUT2D eigenvalue weighted by Gasteiger charge is -2.18. The molecular weight excluding hydrogens is 334 g/mol. The highest BCUT2D eigenvalue weighted by molar-refractivity contribution is 5.84. The molecule has 0 aliphatic heterocycles. The van der Waals surface area contributed by atoms with Crippen LogP contribution in [0, 0.1) is 5.92 Å². The van der Waals surface area contributed by atoms with Crippen LogP contribution in [0.3, 0.4) is 0 Å². The minimum absolute atomic E-state index is 0.224. The molecule has 0 radical (unpaired) electrons. The molecule has 1 amide bonds. The van der Waals surface area contributed by atoms with Gasteiger partial charge in [0, 0.05) is 0 Å². The molecule has 2 rings (SSSR count). The van der Waals surface area contributed by atoms with Crippen LogP contribution < -0.4 is 14.8 Å². The fourth-order valence-electron chi connectivity index (χ4n) is 2.30. The van der Waals surface area contributed by atoms with Crippen LogP contribution in [0.1, 0.15) is 19.4 Å². The second kappa shape index (κ2) is 9.46. The molecule has 138 valence electrons. The number of carboxylic acid groups (broad SMARTS) is 1. The third-order valence-corrected chi connectivity index (χ3v) is 3.69. The highest BCUT2D eigenvalue weighted by Crippen LogP contribution is 2.27. The summed E-state index contributed by atoms with van der Waals surface area (Å²) in [6.07, 6.45) is 0. The Bertz CT molecular complexity index is 730. The molecule has 2 aromatic rings. The van der Waals surface area contributed by atoms with Gasteiger partial charge in [0.25, 0.3) is 5.91 Å². The Morgan fingerprint density at radius 3 is 2.12 bits per heavy atom. The van der Waals surface area contributed by atoms with E-state index in [9.17, 15) is 9.59 Å². The van der Waals surface area contributed by atoms with Crippen molar-refractivity contribution >= 4 is 11.9 Å². The Kier molecular flexibility index (Phi) is 7.02. The number of aliphatic carboxylic acids is 1. The molecule has 0 fully saturated rings. The maximum atomic E-state index is 12.0. The van der Waals surface area contributed by atoms with E-state index in [1.807, 2.05) is 36.4 Å². The minimum Gasteiger partial charge on any atom is -0.485 e.